The minimum Gasteiger partial charge on any atom is -0.457 e. The fraction of sp³-hybridized carbons (Fsp3) is 0.222. The standard InChI is InChI=1S/C45H40N2O7/c1-6-27(4)46-41(49)36-20-18-28(22-38(36)43(46)51)40(48)29-19-21-37-39(23-29)44(52)47(42(37)50)31-13-10-15-33(25-31)54-35-17-11-16-34(26-35)53-32-14-9-12-30(24-32)45(5,7-2)8-3/h9-27H,6-8H2,1-5H3. The third-order valence-electron chi connectivity index (χ3n) is 10.8. The predicted octanol–water partition coefficient (Wildman–Crippen LogP) is 9.77. The number of hydrogen-bond donors (Lipinski definition) is 0. The van der Waals surface area contributed by atoms with Crippen LogP contribution in [0.4, 0.5) is 5.69 Å². The summed E-state index contributed by atoms with van der Waals surface area (Å²) in [6.45, 7) is 10.3. The number of ketones is 1. The molecule has 0 aromatic heterocycles. The quantitative estimate of drug-likeness (QED) is 0.0932. The van der Waals surface area contributed by atoms with Gasteiger partial charge in [-0.3, -0.25) is 28.9 Å². The van der Waals surface area contributed by atoms with Gasteiger partial charge in [0.05, 0.1) is 27.9 Å². The number of carbonyl (C=O) groups is 5. The molecule has 2 aliphatic rings. The molecule has 9 nitrogen and oxygen atoms in total. The Morgan fingerprint density at radius 1 is 0.593 bits per heavy atom. The van der Waals surface area contributed by atoms with Crippen molar-refractivity contribution in [3.63, 3.8) is 0 Å². The van der Waals surface area contributed by atoms with E-state index in [9.17, 15) is 24.0 Å². The second-order valence-electron chi connectivity index (χ2n) is 14.0. The largest absolute Gasteiger partial charge is 0.457 e. The zero-order valence-electron chi connectivity index (χ0n) is 30.8. The number of fused-ring (bicyclic) bond motifs is 2. The predicted molar refractivity (Wildman–Crippen MR) is 205 cm³/mol. The SMILES string of the molecule is CCC(C)N1C(=O)c2ccc(C(=O)c3ccc4c(c3)C(=O)N(c3cccc(Oc5cccc(Oc6cccc(C(C)(CC)CC)c6)c5)c3)C4=O)cc2C1=O. The monoisotopic (exact) mass is 720 g/mol. The summed E-state index contributed by atoms with van der Waals surface area (Å²) in [6.07, 6.45) is 2.63. The van der Waals surface area contributed by atoms with Gasteiger partial charge in [-0.05, 0) is 97.8 Å². The van der Waals surface area contributed by atoms with Crippen LogP contribution in [0.25, 0.3) is 0 Å². The summed E-state index contributed by atoms with van der Waals surface area (Å²) < 4.78 is 12.4. The number of benzene rings is 5. The third kappa shape index (κ3) is 6.36. The molecule has 0 bridgehead atoms. The molecule has 7 rings (SSSR count). The Morgan fingerprint density at radius 2 is 1.07 bits per heavy atom. The second kappa shape index (κ2) is 14.2. The van der Waals surface area contributed by atoms with E-state index in [2.05, 4.69) is 32.9 Å². The van der Waals surface area contributed by atoms with Crippen LogP contribution in [0.5, 0.6) is 23.0 Å². The summed E-state index contributed by atoms with van der Waals surface area (Å²) in [6, 6.07) is 30.5. The van der Waals surface area contributed by atoms with Crippen molar-refractivity contribution in [3.05, 3.63) is 148 Å². The molecule has 0 fully saturated rings. The van der Waals surface area contributed by atoms with E-state index in [1.165, 1.54) is 46.9 Å². The van der Waals surface area contributed by atoms with Crippen LogP contribution in [0.3, 0.4) is 0 Å². The average Bonchev–Trinajstić information content (AvgIpc) is 3.60. The highest BCUT2D eigenvalue weighted by Gasteiger charge is 2.40. The van der Waals surface area contributed by atoms with Gasteiger partial charge in [0.25, 0.3) is 23.6 Å². The van der Waals surface area contributed by atoms with E-state index in [-0.39, 0.29) is 50.7 Å². The van der Waals surface area contributed by atoms with Crippen LogP contribution in [-0.2, 0) is 5.41 Å². The number of hydrogen-bond acceptors (Lipinski definition) is 7. The molecular weight excluding hydrogens is 681 g/mol. The molecule has 2 aliphatic heterocycles. The summed E-state index contributed by atoms with van der Waals surface area (Å²) in [5.41, 5.74) is 2.60. The molecule has 0 saturated heterocycles. The molecule has 1 unspecified atom stereocenters. The van der Waals surface area contributed by atoms with E-state index < -0.39 is 23.5 Å². The van der Waals surface area contributed by atoms with E-state index in [4.69, 9.17) is 9.47 Å². The van der Waals surface area contributed by atoms with Crippen molar-refractivity contribution < 1.29 is 33.4 Å². The minimum atomic E-state index is -0.583. The molecule has 5 aromatic rings. The topological polar surface area (TPSA) is 110 Å². The fourth-order valence-electron chi connectivity index (χ4n) is 6.92. The molecule has 2 heterocycles. The van der Waals surface area contributed by atoms with E-state index in [1.54, 1.807) is 43.3 Å². The third-order valence-corrected chi connectivity index (χ3v) is 10.8. The number of anilines is 1. The van der Waals surface area contributed by atoms with Crippen LogP contribution in [0.1, 0.15) is 117 Å². The number of amides is 4. The Kier molecular flexibility index (Phi) is 9.49. The van der Waals surface area contributed by atoms with Crippen LogP contribution in [0.2, 0.25) is 0 Å². The van der Waals surface area contributed by atoms with Gasteiger partial charge in [-0.15, -0.1) is 0 Å². The molecule has 0 radical (unpaired) electrons. The highest BCUT2D eigenvalue weighted by molar-refractivity contribution is 6.35. The van der Waals surface area contributed by atoms with Gasteiger partial charge in [-0.1, -0.05) is 64.1 Å². The fourth-order valence-corrected chi connectivity index (χ4v) is 6.92. The van der Waals surface area contributed by atoms with Crippen molar-refractivity contribution in [2.24, 2.45) is 0 Å². The normalized spacial score (nSPS) is 14.3. The van der Waals surface area contributed by atoms with Crippen LogP contribution >= 0.6 is 0 Å². The van der Waals surface area contributed by atoms with Crippen molar-refractivity contribution in [1.82, 2.24) is 4.90 Å². The number of ether oxygens (including phenoxy) is 2. The van der Waals surface area contributed by atoms with Gasteiger partial charge in [0.2, 0.25) is 0 Å². The van der Waals surface area contributed by atoms with Crippen LogP contribution in [0.15, 0.2) is 109 Å². The van der Waals surface area contributed by atoms with Crippen LogP contribution in [0, 0.1) is 0 Å². The molecule has 0 N–H and O–H groups in total. The average molecular weight is 721 g/mol. The van der Waals surface area contributed by atoms with Gasteiger partial charge in [0, 0.05) is 29.3 Å². The lowest BCUT2D eigenvalue weighted by atomic mass is 9.78. The summed E-state index contributed by atoms with van der Waals surface area (Å²) in [5.74, 6) is -0.165. The first-order valence-corrected chi connectivity index (χ1v) is 18.2. The Bertz CT molecular complexity index is 2360. The molecule has 5 aromatic carbocycles. The van der Waals surface area contributed by atoms with Gasteiger partial charge in [0.1, 0.15) is 23.0 Å². The van der Waals surface area contributed by atoms with Gasteiger partial charge in [-0.25, -0.2) is 4.90 Å². The van der Waals surface area contributed by atoms with Gasteiger partial charge >= 0.3 is 0 Å². The molecular formula is C45H40N2O7. The maximum Gasteiger partial charge on any atom is 0.266 e. The number of rotatable bonds is 12. The molecule has 4 amide bonds. The molecule has 272 valence electrons. The van der Waals surface area contributed by atoms with E-state index in [1.807, 2.05) is 31.2 Å². The number of imide groups is 2. The maximum absolute atomic E-state index is 13.7. The molecule has 0 saturated carbocycles. The Labute approximate surface area is 314 Å². The van der Waals surface area contributed by atoms with Crippen molar-refractivity contribution in [1.29, 1.82) is 0 Å². The van der Waals surface area contributed by atoms with Crippen LogP contribution < -0.4 is 14.4 Å². The van der Waals surface area contributed by atoms with Crippen molar-refractivity contribution in [3.8, 4) is 23.0 Å². The first-order chi connectivity index (χ1) is 26.0. The summed E-state index contributed by atoms with van der Waals surface area (Å²) in [7, 11) is 0. The molecule has 54 heavy (non-hydrogen) atoms. The molecule has 0 aliphatic carbocycles. The smallest absolute Gasteiger partial charge is 0.266 e. The number of carbonyl (C=O) groups excluding carboxylic acids is 5. The summed E-state index contributed by atoms with van der Waals surface area (Å²) in [4.78, 5) is 69.2. The van der Waals surface area contributed by atoms with Crippen molar-refractivity contribution >= 4 is 35.1 Å². The lowest BCUT2D eigenvalue weighted by Gasteiger charge is -2.27. The van der Waals surface area contributed by atoms with Gasteiger partial charge in [-0.2, -0.15) is 0 Å². The highest BCUT2D eigenvalue weighted by atomic mass is 16.5. The molecule has 1 atom stereocenters. The first-order valence-electron chi connectivity index (χ1n) is 18.2. The first kappa shape index (κ1) is 36.0. The molecule has 9 heteroatoms. The van der Waals surface area contributed by atoms with E-state index >= 15 is 0 Å². The van der Waals surface area contributed by atoms with Crippen molar-refractivity contribution in [2.75, 3.05) is 4.90 Å². The van der Waals surface area contributed by atoms with Gasteiger partial charge < -0.3 is 9.47 Å². The highest BCUT2D eigenvalue weighted by Crippen LogP contribution is 2.37. The molecule has 0 spiro atoms. The van der Waals surface area contributed by atoms with E-state index in [0.29, 0.717) is 29.4 Å². The number of nitrogens with zero attached hydrogens (tertiary/aromatic N) is 2. The Hall–Kier alpha value is -6.35. The maximum atomic E-state index is 13.7. The second-order valence-corrected chi connectivity index (χ2v) is 14.0. The minimum absolute atomic E-state index is 0.0547. The zero-order chi connectivity index (χ0) is 38.3. The Morgan fingerprint density at radius 3 is 1.67 bits per heavy atom. The summed E-state index contributed by atoms with van der Waals surface area (Å²) in [5, 5.41) is 0. The Balaban J connectivity index is 1.08. The lowest BCUT2D eigenvalue weighted by Crippen LogP contribution is -2.37. The van der Waals surface area contributed by atoms with Crippen molar-refractivity contribution in [2.45, 2.75) is 65.3 Å². The van der Waals surface area contributed by atoms with Crippen LogP contribution in [-0.4, -0.2) is 40.4 Å². The van der Waals surface area contributed by atoms with Gasteiger partial charge in [0.15, 0.2) is 5.78 Å². The summed E-state index contributed by atoms with van der Waals surface area (Å²) >= 11 is 0. The zero-order valence-corrected chi connectivity index (χ0v) is 30.8. The van der Waals surface area contributed by atoms with E-state index in [0.717, 1.165) is 23.5 Å². The lowest BCUT2D eigenvalue weighted by molar-refractivity contribution is 0.0592.